The Kier molecular flexibility index (Phi) is 7.39. The molecule has 0 radical (unpaired) electrons. The number of anilines is 1. The number of furan rings is 1. The van der Waals surface area contributed by atoms with Gasteiger partial charge in [-0.3, -0.25) is 10.1 Å². The van der Waals surface area contributed by atoms with Gasteiger partial charge in [0.2, 0.25) is 5.91 Å². The van der Waals surface area contributed by atoms with Gasteiger partial charge in [0.05, 0.1) is 15.2 Å². The molecule has 37 heavy (non-hydrogen) atoms. The highest BCUT2D eigenvalue weighted by molar-refractivity contribution is 7.80. The zero-order chi connectivity index (χ0) is 25.9. The number of benzene rings is 3. The van der Waals surface area contributed by atoms with E-state index in [0.717, 1.165) is 26.5 Å². The summed E-state index contributed by atoms with van der Waals surface area (Å²) in [5.41, 5.74) is 4.68. The number of rotatable bonds is 5. The van der Waals surface area contributed by atoms with E-state index in [0.29, 0.717) is 27.1 Å². The smallest absolute Gasteiger partial charge is 0.250 e. The summed E-state index contributed by atoms with van der Waals surface area (Å²) in [6, 6.07) is 22.7. The van der Waals surface area contributed by atoms with Crippen LogP contribution in [0, 0.1) is 6.92 Å². The molecular formula is C28H19Cl2N3O2S2. The molecule has 0 aliphatic rings. The zero-order valence-electron chi connectivity index (χ0n) is 19.4. The van der Waals surface area contributed by atoms with Crippen LogP contribution in [0.5, 0.6) is 0 Å². The third-order valence-electron chi connectivity index (χ3n) is 5.39. The van der Waals surface area contributed by atoms with Crippen LogP contribution in [-0.2, 0) is 4.79 Å². The van der Waals surface area contributed by atoms with Crippen LogP contribution in [0.1, 0.15) is 11.3 Å². The quantitative estimate of drug-likeness (QED) is 0.166. The predicted molar refractivity (Wildman–Crippen MR) is 157 cm³/mol. The Morgan fingerprint density at radius 3 is 2.62 bits per heavy atom. The Morgan fingerprint density at radius 1 is 1.03 bits per heavy atom. The standard InChI is InChI=1S/C28H19Cl2N3O2S2/c1-16-2-11-23-25(14-16)37-27(32-23)17-3-6-19(7-4-17)31-28(36)33-26(34)13-9-20-8-12-24(35-20)21-10-5-18(29)15-22(21)30/h2-15H,1H3,(H2,31,33,34,36)/b13-9+. The summed E-state index contributed by atoms with van der Waals surface area (Å²) in [4.78, 5) is 17.0. The van der Waals surface area contributed by atoms with Gasteiger partial charge in [-0.25, -0.2) is 4.98 Å². The van der Waals surface area contributed by atoms with Crippen LogP contribution in [0.2, 0.25) is 10.0 Å². The zero-order valence-corrected chi connectivity index (χ0v) is 22.6. The molecule has 0 saturated carbocycles. The summed E-state index contributed by atoms with van der Waals surface area (Å²) in [5, 5.41) is 7.81. The molecule has 0 unspecified atom stereocenters. The van der Waals surface area contributed by atoms with Crippen molar-refractivity contribution in [1.82, 2.24) is 10.3 Å². The number of carbonyl (C=O) groups is 1. The van der Waals surface area contributed by atoms with Gasteiger partial charge < -0.3 is 9.73 Å². The number of nitrogens with one attached hydrogen (secondary N) is 2. The minimum atomic E-state index is -0.388. The molecule has 2 N–H and O–H groups in total. The lowest BCUT2D eigenvalue weighted by Gasteiger charge is -2.08. The first-order chi connectivity index (χ1) is 17.8. The Bertz CT molecular complexity index is 1660. The number of thiocarbonyl (C=S) groups is 1. The third kappa shape index (κ3) is 6.09. The summed E-state index contributed by atoms with van der Waals surface area (Å²) >= 11 is 19.1. The van der Waals surface area contributed by atoms with Gasteiger partial charge >= 0.3 is 0 Å². The number of hydrogen-bond acceptors (Lipinski definition) is 5. The van der Waals surface area contributed by atoms with E-state index in [2.05, 4.69) is 29.7 Å². The van der Waals surface area contributed by atoms with Gasteiger partial charge in [-0.15, -0.1) is 11.3 Å². The number of hydrogen-bond donors (Lipinski definition) is 2. The largest absolute Gasteiger partial charge is 0.457 e. The number of carbonyl (C=O) groups excluding carboxylic acids is 1. The van der Waals surface area contributed by atoms with Crippen molar-refractivity contribution in [3.05, 3.63) is 100 Å². The van der Waals surface area contributed by atoms with Gasteiger partial charge in [-0.2, -0.15) is 0 Å². The minimum Gasteiger partial charge on any atom is -0.457 e. The van der Waals surface area contributed by atoms with E-state index in [4.69, 9.17) is 44.8 Å². The van der Waals surface area contributed by atoms with E-state index in [9.17, 15) is 4.79 Å². The molecule has 5 nitrogen and oxygen atoms in total. The average Bonchev–Trinajstić information content (AvgIpc) is 3.50. The van der Waals surface area contributed by atoms with Crippen molar-refractivity contribution >= 4 is 79.8 Å². The van der Waals surface area contributed by atoms with Gasteiger partial charge in [0, 0.05) is 27.9 Å². The Hall–Kier alpha value is -3.49. The summed E-state index contributed by atoms with van der Waals surface area (Å²) in [5.74, 6) is 0.681. The van der Waals surface area contributed by atoms with Crippen LogP contribution in [0.3, 0.4) is 0 Å². The number of halogens is 2. The number of amides is 1. The van der Waals surface area contributed by atoms with E-state index in [1.54, 1.807) is 47.7 Å². The lowest BCUT2D eigenvalue weighted by atomic mass is 10.2. The van der Waals surface area contributed by atoms with Crippen LogP contribution >= 0.6 is 46.8 Å². The van der Waals surface area contributed by atoms with Crippen molar-refractivity contribution < 1.29 is 9.21 Å². The lowest BCUT2D eigenvalue weighted by Crippen LogP contribution is -2.32. The van der Waals surface area contributed by atoms with Crippen LogP contribution in [0.25, 0.3) is 38.2 Å². The fourth-order valence-electron chi connectivity index (χ4n) is 3.60. The van der Waals surface area contributed by atoms with Crippen LogP contribution in [0.15, 0.2) is 83.3 Å². The molecule has 9 heteroatoms. The highest BCUT2D eigenvalue weighted by atomic mass is 35.5. The maximum absolute atomic E-state index is 12.3. The minimum absolute atomic E-state index is 0.186. The van der Waals surface area contributed by atoms with Crippen molar-refractivity contribution in [3.63, 3.8) is 0 Å². The van der Waals surface area contributed by atoms with Crippen molar-refractivity contribution in [2.75, 3.05) is 5.32 Å². The first-order valence-corrected chi connectivity index (χ1v) is 13.1. The van der Waals surface area contributed by atoms with E-state index >= 15 is 0 Å². The van der Waals surface area contributed by atoms with Crippen molar-refractivity contribution in [2.24, 2.45) is 0 Å². The molecule has 0 spiro atoms. The van der Waals surface area contributed by atoms with Gasteiger partial charge in [-0.05, 0) is 97.5 Å². The molecule has 0 saturated heterocycles. The number of aromatic nitrogens is 1. The summed E-state index contributed by atoms with van der Waals surface area (Å²) in [6.45, 7) is 2.07. The molecule has 0 fully saturated rings. The molecular weight excluding hydrogens is 545 g/mol. The SMILES string of the molecule is Cc1ccc2nc(-c3ccc(NC(=S)NC(=O)/C=C/c4ccc(-c5ccc(Cl)cc5Cl)o4)cc3)sc2c1. The molecule has 3 aromatic carbocycles. The molecule has 0 aliphatic heterocycles. The highest BCUT2D eigenvalue weighted by Gasteiger charge is 2.10. The van der Waals surface area contributed by atoms with Gasteiger partial charge in [0.25, 0.3) is 0 Å². The van der Waals surface area contributed by atoms with E-state index in [1.807, 2.05) is 30.3 Å². The first kappa shape index (κ1) is 25.2. The van der Waals surface area contributed by atoms with Gasteiger partial charge in [0.15, 0.2) is 5.11 Å². The predicted octanol–water partition coefficient (Wildman–Crippen LogP) is 8.36. The topological polar surface area (TPSA) is 67.2 Å². The van der Waals surface area contributed by atoms with E-state index in [1.165, 1.54) is 11.6 Å². The van der Waals surface area contributed by atoms with Crippen LogP contribution in [0.4, 0.5) is 5.69 Å². The van der Waals surface area contributed by atoms with Crippen LogP contribution in [-0.4, -0.2) is 16.0 Å². The molecule has 0 bridgehead atoms. The Labute approximate surface area is 232 Å². The second-order valence-electron chi connectivity index (χ2n) is 8.17. The lowest BCUT2D eigenvalue weighted by molar-refractivity contribution is -0.115. The number of nitrogens with zero attached hydrogens (tertiary/aromatic N) is 1. The van der Waals surface area contributed by atoms with Gasteiger partial charge in [0.1, 0.15) is 16.5 Å². The van der Waals surface area contributed by atoms with E-state index < -0.39 is 0 Å². The normalized spacial score (nSPS) is 11.2. The van der Waals surface area contributed by atoms with Crippen molar-refractivity contribution in [2.45, 2.75) is 6.92 Å². The molecule has 0 atom stereocenters. The molecule has 0 aliphatic carbocycles. The van der Waals surface area contributed by atoms with Crippen LogP contribution < -0.4 is 10.6 Å². The average molecular weight is 565 g/mol. The number of aryl methyl sites for hydroxylation is 1. The molecule has 2 heterocycles. The molecule has 1 amide bonds. The Morgan fingerprint density at radius 2 is 1.84 bits per heavy atom. The summed E-state index contributed by atoms with van der Waals surface area (Å²) < 4.78 is 6.93. The highest BCUT2D eigenvalue weighted by Crippen LogP contribution is 2.32. The fraction of sp³-hybridized carbons (Fsp3) is 0.0357. The monoisotopic (exact) mass is 563 g/mol. The maximum Gasteiger partial charge on any atom is 0.250 e. The third-order valence-corrected chi connectivity index (χ3v) is 7.21. The number of thiazole rings is 1. The maximum atomic E-state index is 12.3. The molecule has 2 aromatic heterocycles. The molecule has 184 valence electrons. The summed E-state index contributed by atoms with van der Waals surface area (Å²) in [7, 11) is 0. The molecule has 5 aromatic rings. The second-order valence-corrected chi connectivity index (χ2v) is 10.5. The summed E-state index contributed by atoms with van der Waals surface area (Å²) in [6.07, 6.45) is 2.90. The van der Waals surface area contributed by atoms with Crippen molar-refractivity contribution in [1.29, 1.82) is 0 Å². The van der Waals surface area contributed by atoms with Crippen molar-refractivity contribution in [3.8, 4) is 21.9 Å². The van der Waals surface area contributed by atoms with Gasteiger partial charge in [-0.1, -0.05) is 29.3 Å². The molecule has 5 rings (SSSR count). The first-order valence-electron chi connectivity index (χ1n) is 11.2. The number of fused-ring (bicyclic) bond motifs is 1. The van der Waals surface area contributed by atoms with E-state index in [-0.39, 0.29) is 11.0 Å². The fourth-order valence-corrected chi connectivity index (χ4v) is 5.39. The second kappa shape index (κ2) is 10.9. The Balaban J connectivity index is 1.17.